The molecule has 6 nitrogen and oxygen atoms in total. The van der Waals surface area contributed by atoms with Gasteiger partial charge in [0.25, 0.3) is 0 Å². The van der Waals surface area contributed by atoms with Gasteiger partial charge in [0.15, 0.2) is 11.5 Å². The molecule has 0 saturated heterocycles. The zero-order chi connectivity index (χ0) is 19.7. The van der Waals surface area contributed by atoms with Crippen LogP contribution in [0.3, 0.4) is 0 Å². The molecule has 4 rings (SSSR count). The lowest BCUT2D eigenvalue weighted by Crippen LogP contribution is -2.35. The Morgan fingerprint density at radius 1 is 1.11 bits per heavy atom. The number of hydrogen-bond acceptors (Lipinski definition) is 5. The third-order valence-electron chi connectivity index (χ3n) is 5.33. The van der Waals surface area contributed by atoms with Gasteiger partial charge in [0.1, 0.15) is 5.75 Å². The summed E-state index contributed by atoms with van der Waals surface area (Å²) in [5.74, 6) is 1.76. The van der Waals surface area contributed by atoms with Crippen LogP contribution in [0.25, 0.3) is 0 Å². The molecule has 3 aromatic rings. The molecule has 146 valence electrons. The van der Waals surface area contributed by atoms with E-state index < -0.39 is 0 Å². The fourth-order valence-electron chi connectivity index (χ4n) is 4.00. The van der Waals surface area contributed by atoms with Crippen molar-refractivity contribution in [1.29, 1.82) is 0 Å². The van der Waals surface area contributed by atoms with Crippen molar-refractivity contribution in [2.45, 2.75) is 19.0 Å². The van der Waals surface area contributed by atoms with Crippen LogP contribution in [0.5, 0.6) is 17.2 Å². The predicted molar refractivity (Wildman–Crippen MR) is 107 cm³/mol. The van der Waals surface area contributed by atoms with Crippen LogP contribution in [-0.4, -0.2) is 40.6 Å². The van der Waals surface area contributed by atoms with Crippen LogP contribution < -0.4 is 9.47 Å². The predicted octanol–water partition coefficient (Wildman–Crippen LogP) is 3.29. The van der Waals surface area contributed by atoms with Crippen molar-refractivity contribution < 1.29 is 14.6 Å². The Kier molecular flexibility index (Phi) is 4.96. The molecular weight excluding hydrogens is 354 g/mol. The number of ether oxygens (including phenoxy) is 2. The summed E-state index contributed by atoms with van der Waals surface area (Å²) in [7, 11) is 5.26. The van der Waals surface area contributed by atoms with E-state index in [0.717, 1.165) is 36.6 Å². The Morgan fingerprint density at radius 3 is 2.46 bits per heavy atom. The minimum absolute atomic E-state index is 0.0596. The molecule has 28 heavy (non-hydrogen) atoms. The molecule has 6 heteroatoms. The zero-order valence-electron chi connectivity index (χ0n) is 16.4. The number of benzene rings is 2. The second kappa shape index (κ2) is 7.56. The van der Waals surface area contributed by atoms with Gasteiger partial charge in [0.05, 0.1) is 26.5 Å². The Morgan fingerprint density at radius 2 is 1.82 bits per heavy atom. The van der Waals surface area contributed by atoms with Crippen LogP contribution in [0.2, 0.25) is 0 Å². The highest BCUT2D eigenvalue weighted by atomic mass is 16.5. The monoisotopic (exact) mass is 379 g/mol. The van der Waals surface area contributed by atoms with Crippen molar-refractivity contribution >= 4 is 0 Å². The summed E-state index contributed by atoms with van der Waals surface area (Å²) in [5, 5.41) is 14.0. The van der Waals surface area contributed by atoms with Crippen molar-refractivity contribution in [2.75, 3.05) is 20.8 Å². The first-order valence-electron chi connectivity index (χ1n) is 9.34. The number of phenols is 1. The van der Waals surface area contributed by atoms with Crippen LogP contribution in [-0.2, 0) is 20.0 Å². The number of phenolic OH excluding ortho intramolecular Hbond substituents is 1. The molecule has 0 fully saturated rings. The molecule has 0 amide bonds. The first kappa shape index (κ1) is 18.4. The number of aromatic nitrogens is 2. The standard InChI is InChI=1S/C22H25N3O3/c1-24-13-15(12-23-24)14-25-9-8-17-10-20(27-2)21(28-3)11-19(17)22(25)16-4-6-18(26)7-5-16/h4-7,10-13,22,26H,8-9,14H2,1-3H3. The molecule has 1 aliphatic heterocycles. The van der Waals surface area contributed by atoms with E-state index in [2.05, 4.69) is 28.3 Å². The van der Waals surface area contributed by atoms with E-state index in [1.54, 1.807) is 26.4 Å². The maximum absolute atomic E-state index is 9.74. The van der Waals surface area contributed by atoms with Gasteiger partial charge < -0.3 is 14.6 Å². The lowest BCUT2D eigenvalue weighted by atomic mass is 9.87. The van der Waals surface area contributed by atoms with Crippen molar-refractivity contribution in [3.05, 3.63) is 71.0 Å². The molecule has 2 aromatic carbocycles. The summed E-state index contributed by atoms with van der Waals surface area (Å²) in [6.07, 6.45) is 4.90. The summed E-state index contributed by atoms with van der Waals surface area (Å²) < 4.78 is 12.9. The van der Waals surface area contributed by atoms with E-state index in [1.165, 1.54) is 16.7 Å². The smallest absolute Gasteiger partial charge is 0.161 e. The number of rotatable bonds is 5. The Hall–Kier alpha value is -2.99. The molecule has 1 atom stereocenters. The lowest BCUT2D eigenvalue weighted by molar-refractivity contribution is 0.203. The van der Waals surface area contributed by atoms with E-state index in [-0.39, 0.29) is 11.8 Å². The van der Waals surface area contributed by atoms with Crippen LogP contribution >= 0.6 is 0 Å². The number of aryl methyl sites for hydroxylation is 1. The molecule has 1 aliphatic rings. The van der Waals surface area contributed by atoms with E-state index in [1.807, 2.05) is 30.1 Å². The summed E-state index contributed by atoms with van der Waals surface area (Å²) in [4.78, 5) is 2.44. The molecular formula is C22H25N3O3. The summed E-state index contributed by atoms with van der Waals surface area (Å²) in [6.45, 7) is 1.72. The number of fused-ring (bicyclic) bond motifs is 1. The third-order valence-corrected chi connectivity index (χ3v) is 5.33. The lowest BCUT2D eigenvalue weighted by Gasteiger charge is -2.38. The third kappa shape index (κ3) is 3.43. The summed E-state index contributed by atoms with van der Waals surface area (Å²) in [5.41, 5.74) is 4.78. The van der Waals surface area contributed by atoms with Crippen LogP contribution in [0.1, 0.15) is 28.3 Å². The SMILES string of the molecule is COc1cc2c(cc1OC)C(c1ccc(O)cc1)N(Cc1cnn(C)c1)CC2. The second-order valence-electron chi connectivity index (χ2n) is 7.14. The van der Waals surface area contributed by atoms with E-state index in [9.17, 15) is 5.11 Å². The number of aromatic hydroxyl groups is 1. The maximum Gasteiger partial charge on any atom is 0.161 e. The highest BCUT2D eigenvalue weighted by Gasteiger charge is 2.30. The molecule has 1 N–H and O–H groups in total. The molecule has 2 heterocycles. The zero-order valence-corrected chi connectivity index (χ0v) is 16.4. The Bertz CT molecular complexity index is 966. The molecule has 1 aromatic heterocycles. The molecule has 0 radical (unpaired) electrons. The van der Waals surface area contributed by atoms with Gasteiger partial charge in [0, 0.05) is 31.9 Å². The van der Waals surface area contributed by atoms with Crippen LogP contribution in [0.4, 0.5) is 0 Å². The summed E-state index contributed by atoms with van der Waals surface area (Å²) >= 11 is 0. The number of nitrogens with zero attached hydrogens (tertiary/aromatic N) is 3. The Balaban J connectivity index is 1.79. The number of hydrogen-bond donors (Lipinski definition) is 1. The van der Waals surface area contributed by atoms with Gasteiger partial charge in [-0.05, 0) is 47.4 Å². The molecule has 0 spiro atoms. The Labute approximate surface area is 164 Å². The average molecular weight is 379 g/mol. The van der Waals surface area contributed by atoms with Crippen molar-refractivity contribution in [1.82, 2.24) is 14.7 Å². The van der Waals surface area contributed by atoms with Gasteiger partial charge in [-0.2, -0.15) is 5.10 Å². The molecule has 0 saturated carbocycles. The van der Waals surface area contributed by atoms with Gasteiger partial charge in [-0.3, -0.25) is 9.58 Å². The maximum atomic E-state index is 9.74. The fraction of sp³-hybridized carbons (Fsp3) is 0.318. The van der Waals surface area contributed by atoms with Crippen LogP contribution in [0.15, 0.2) is 48.8 Å². The van der Waals surface area contributed by atoms with E-state index >= 15 is 0 Å². The van der Waals surface area contributed by atoms with Gasteiger partial charge >= 0.3 is 0 Å². The van der Waals surface area contributed by atoms with Crippen molar-refractivity contribution in [3.8, 4) is 17.2 Å². The quantitative estimate of drug-likeness (QED) is 0.737. The first-order chi connectivity index (χ1) is 13.6. The normalized spacial score (nSPS) is 16.6. The average Bonchev–Trinajstić information content (AvgIpc) is 3.12. The minimum atomic E-state index is 0.0596. The molecule has 0 aliphatic carbocycles. The van der Waals surface area contributed by atoms with E-state index in [4.69, 9.17) is 9.47 Å². The first-order valence-corrected chi connectivity index (χ1v) is 9.34. The highest BCUT2D eigenvalue weighted by molar-refractivity contribution is 5.52. The van der Waals surface area contributed by atoms with Gasteiger partial charge in [-0.15, -0.1) is 0 Å². The minimum Gasteiger partial charge on any atom is -0.508 e. The topological polar surface area (TPSA) is 59.8 Å². The molecule has 1 unspecified atom stereocenters. The van der Waals surface area contributed by atoms with E-state index in [0.29, 0.717) is 0 Å². The van der Waals surface area contributed by atoms with Crippen molar-refractivity contribution in [3.63, 3.8) is 0 Å². The molecule has 0 bridgehead atoms. The van der Waals surface area contributed by atoms with Gasteiger partial charge in [0.2, 0.25) is 0 Å². The largest absolute Gasteiger partial charge is 0.508 e. The van der Waals surface area contributed by atoms with Crippen LogP contribution in [0, 0.1) is 0 Å². The van der Waals surface area contributed by atoms with Crippen molar-refractivity contribution in [2.24, 2.45) is 7.05 Å². The fourth-order valence-corrected chi connectivity index (χ4v) is 4.00. The highest BCUT2D eigenvalue weighted by Crippen LogP contribution is 2.41. The van der Waals surface area contributed by atoms with Gasteiger partial charge in [-0.1, -0.05) is 12.1 Å². The summed E-state index contributed by atoms with van der Waals surface area (Å²) in [6, 6.07) is 11.7. The number of methoxy groups -OCH3 is 2. The van der Waals surface area contributed by atoms with Gasteiger partial charge in [-0.25, -0.2) is 0 Å². The second-order valence-corrected chi connectivity index (χ2v) is 7.14.